The second kappa shape index (κ2) is 11.8. The Kier molecular flexibility index (Phi) is 7.59. The Balaban J connectivity index is 1.45. The summed E-state index contributed by atoms with van der Waals surface area (Å²) in [7, 11) is 0. The molecule has 0 unspecified atom stereocenters. The van der Waals surface area contributed by atoms with Crippen LogP contribution in [0.15, 0.2) is 103 Å². The molecule has 8 nitrogen and oxygen atoms in total. The van der Waals surface area contributed by atoms with Gasteiger partial charge in [0.25, 0.3) is 5.69 Å². The summed E-state index contributed by atoms with van der Waals surface area (Å²) >= 11 is 0. The highest BCUT2D eigenvalue weighted by molar-refractivity contribution is 6.18. The van der Waals surface area contributed by atoms with E-state index < -0.39 is 28.3 Å². The van der Waals surface area contributed by atoms with Crippen LogP contribution >= 0.6 is 0 Å². The number of rotatable bonds is 9. The molecule has 1 spiro atoms. The molecule has 3 heterocycles. The van der Waals surface area contributed by atoms with Crippen molar-refractivity contribution < 1.29 is 19.3 Å². The molecule has 47 heavy (non-hydrogen) atoms. The van der Waals surface area contributed by atoms with Crippen molar-refractivity contribution >= 4 is 40.1 Å². The number of non-ortho nitro benzene ring substituents is 1. The molecule has 0 aromatic heterocycles. The van der Waals surface area contributed by atoms with Crippen molar-refractivity contribution in [2.24, 2.45) is 5.92 Å². The summed E-state index contributed by atoms with van der Waals surface area (Å²) in [4.78, 5) is 57.4. The standard InChI is InChI=1S/C39H35N3O5/c1-3-4-5-10-25-15-17-26(18-16-25)36(43)34-35(37(44)27-19-21-28(22-20-27)42(46)47)41-32-14-9-6-11-29(32)24(2)23-33(41)39(34)30-12-7-8-13-31(30)40-38(39)45/h6-9,11-23,33-35H,3-5,10H2,1-2H3,(H,40,45)/t33-,34+,35+,39+/m1/s1. The summed E-state index contributed by atoms with van der Waals surface area (Å²) in [6.45, 7) is 4.15. The lowest BCUT2D eigenvalue weighted by Crippen LogP contribution is -2.51. The Bertz CT molecular complexity index is 1950. The van der Waals surface area contributed by atoms with E-state index in [0.29, 0.717) is 16.8 Å². The predicted octanol–water partition coefficient (Wildman–Crippen LogP) is 7.57. The van der Waals surface area contributed by atoms with Gasteiger partial charge in [-0.15, -0.1) is 0 Å². The first-order chi connectivity index (χ1) is 22.8. The van der Waals surface area contributed by atoms with Crippen LogP contribution < -0.4 is 10.2 Å². The quantitative estimate of drug-likeness (QED) is 0.0889. The summed E-state index contributed by atoms with van der Waals surface area (Å²) in [5.41, 5.74) is 4.15. The molecular weight excluding hydrogens is 590 g/mol. The van der Waals surface area contributed by atoms with Gasteiger partial charge in [-0.3, -0.25) is 24.5 Å². The van der Waals surface area contributed by atoms with Crippen molar-refractivity contribution in [1.82, 2.24) is 0 Å². The Labute approximate surface area is 273 Å². The minimum atomic E-state index is -1.43. The van der Waals surface area contributed by atoms with E-state index in [2.05, 4.69) is 12.2 Å². The summed E-state index contributed by atoms with van der Waals surface area (Å²) < 4.78 is 0. The van der Waals surface area contributed by atoms with Gasteiger partial charge in [0.15, 0.2) is 11.6 Å². The van der Waals surface area contributed by atoms with E-state index in [1.54, 1.807) is 0 Å². The minimum absolute atomic E-state index is 0.139. The number of nitrogens with zero attached hydrogens (tertiary/aromatic N) is 2. The zero-order chi connectivity index (χ0) is 32.9. The minimum Gasteiger partial charge on any atom is -0.352 e. The van der Waals surface area contributed by atoms with Gasteiger partial charge in [0.2, 0.25) is 5.91 Å². The lowest BCUT2D eigenvalue weighted by atomic mass is 9.64. The van der Waals surface area contributed by atoms with Crippen LogP contribution in [-0.4, -0.2) is 34.5 Å². The predicted molar refractivity (Wildman–Crippen MR) is 182 cm³/mol. The molecule has 0 aliphatic carbocycles. The second-order valence-corrected chi connectivity index (χ2v) is 12.7. The van der Waals surface area contributed by atoms with Gasteiger partial charge < -0.3 is 10.2 Å². The first kappa shape index (κ1) is 30.3. The first-order valence-corrected chi connectivity index (χ1v) is 16.2. The number of benzene rings is 4. The Morgan fingerprint density at radius 1 is 0.872 bits per heavy atom. The number of carbonyl (C=O) groups is 3. The molecule has 1 N–H and O–H groups in total. The fourth-order valence-corrected chi connectivity index (χ4v) is 7.90. The van der Waals surface area contributed by atoms with Crippen LogP contribution in [0.25, 0.3) is 5.57 Å². The van der Waals surface area contributed by atoms with Gasteiger partial charge in [-0.1, -0.05) is 86.5 Å². The number of amides is 1. The molecule has 8 heteroatoms. The highest BCUT2D eigenvalue weighted by Gasteiger charge is 2.70. The van der Waals surface area contributed by atoms with E-state index in [1.165, 1.54) is 24.3 Å². The lowest BCUT2D eigenvalue weighted by Gasteiger charge is -2.39. The van der Waals surface area contributed by atoms with Gasteiger partial charge in [-0.05, 0) is 60.7 Å². The molecule has 7 rings (SSSR count). The highest BCUT2D eigenvalue weighted by Crippen LogP contribution is 2.58. The Morgan fingerprint density at radius 2 is 1.53 bits per heavy atom. The molecule has 1 amide bonds. The zero-order valence-corrected chi connectivity index (χ0v) is 26.3. The number of hydrogen-bond donors (Lipinski definition) is 1. The fourth-order valence-electron chi connectivity index (χ4n) is 7.90. The maximum absolute atomic E-state index is 15.1. The van der Waals surface area contributed by atoms with E-state index >= 15 is 4.79 Å². The summed E-state index contributed by atoms with van der Waals surface area (Å²) in [5.74, 6) is -2.11. The second-order valence-electron chi connectivity index (χ2n) is 12.7. The maximum Gasteiger partial charge on any atom is 0.269 e. The van der Waals surface area contributed by atoms with Crippen LogP contribution in [0.1, 0.15) is 70.5 Å². The number of hydrogen-bond acceptors (Lipinski definition) is 6. The first-order valence-electron chi connectivity index (χ1n) is 16.2. The number of carbonyl (C=O) groups excluding carboxylic acids is 3. The molecule has 0 radical (unpaired) electrons. The van der Waals surface area contributed by atoms with Crippen molar-refractivity contribution in [3.8, 4) is 0 Å². The van der Waals surface area contributed by atoms with Crippen molar-refractivity contribution in [2.45, 2.75) is 57.0 Å². The molecular formula is C39H35N3O5. The van der Waals surface area contributed by atoms with Gasteiger partial charge >= 0.3 is 0 Å². The number of aryl methyl sites for hydroxylation is 1. The number of unbranched alkanes of at least 4 members (excludes halogenated alkanes) is 2. The number of ketones is 2. The van der Waals surface area contributed by atoms with Crippen molar-refractivity contribution in [3.63, 3.8) is 0 Å². The van der Waals surface area contributed by atoms with Gasteiger partial charge in [-0.25, -0.2) is 0 Å². The summed E-state index contributed by atoms with van der Waals surface area (Å²) in [6.07, 6.45) is 6.22. The number of fused-ring (bicyclic) bond motifs is 6. The molecule has 1 fully saturated rings. The SMILES string of the molecule is CCCCCc1ccc(C(=O)[C@@H]2[C@@H](C(=O)c3ccc([N+](=O)[O-])cc3)N3c4ccccc4C(C)=C[C@@H]3[C@]23C(=O)Nc2ccccc23)cc1. The smallest absolute Gasteiger partial charge is 0.269 e. The maximum atomic E-state index is 15.1. The van der Waals surface area contributed by atoms with E-state index in [1.807, 2.05) is 90.7 Å². The number of Topliss-reactive ketones (excluding diaryl/α,β-unsaturated/α-hetero) is 2. The Hall–Kier alpha value is -5.37. The number of nitrogens with one attached hydrogen (secondary N) is 1. The third-order valence-corrected chi connectivity index (χ3v) is 10.1. The molecule has 3 aliphatic heterocycles. The molecule has 1 saturated heterocycles. The monoisotopic (exact) mass is 625 g/mol. The number of nitro benzene ring substituents is 1. The van der Waals surface area contributed by atoms with Crippen LogP contribution in [0.2, 0.25) is 0 Å². The van der Waals surface area contributed by atoms with Crippen molar-refractivity contribution in [1.29, 1.82) is 0 Å². The van der Waals surface area contributed by atoms with Gasteiger partial charge in [0.1, 0.15) is 11.5 Å². The fraction of sp³-hybridized carbons (Fsp3) is 0.256. The topological polar surface area (TPSA) is 110 Å². The normalized spacial score (nSPS) is 22.3. The average molecular weight is 626 g/mol. The van der Waals surface area contributed by atoms with Crippen LogP contribution in [-0.2, 0) is 16.6 Å². The molecule has 236 valence electrons. The van der Waals surface area contributed by atoms with E-state index in [9.17, 15) is 19.7 Å². The van der Waals surface area contributed by atoms with Gasteiger partial charge in [0, 0.05) is 40.2 Å². The highest BCUT2D eigenvalue weighted by atomic mass is 16.6. The number of nitro groups is 1. The third kappa shape index (κ3) is 4.70. The van der Waals surface area contributed by atoms with Crippen LogP contribution in [0, 0.1) is 16.0 Å². The van der Waals surface area contributed by atoms with E-state index in [4.69, 9.17) is 0 Å². The molecule has 0 saturated carbocycles. The average Bonchev–Trinajstić information content (AvgIpc) is 3.56. The summed E-state index contributed by atoms with van der Waals surface area (Å²) in [5, 5.41) is 14.5. The van der Waals surface area contributed by atoms with Gasteiger partial charge in [-0.2, -0.15) is 0 Å². The number of anilines is 2. The van der Waals surface area contributed by atoms with E-state index in [0.717, 1.165) is 48.1 Å². The van der Waals surface area contributed by atoms with Crippen LogP contribution in [0.4, 0.5) is 17.1 Å². The number of allylic oxidation sites excluding steroid dienone is 1. The Morgan fingerprint density at radius 3 is 2.26 bits per heavy atom. The van der Waals surface area contributed by atoms with E-state index in [-0.39, 0.29) is 28.7 Å². The van der Waals surface area contributed by atoms with Crippen LogP contribution in [0.5, 0.6) is 0 Å². The molecule has 4 aromatic rings. The van der Waals surface area contributed by atoms with Gasteiger partial charge in [0.05, 0.1) is 16.9 Å². The molecule has 3 aliphatic rings. The van der Waals surface area contributed by atoms with Crippen LogP contribution in [0.3, 0.4) is 0 Å². The molecule has 0 bridgehead atoms. The molecule has 4 aromatic carbocycles. The lowest BCUT2D eigenvalue weighted by molar-refractivity contribution is -0.384. The third-order valence-electron chi connectivity index (χ3n) is 10.1. The summed E-state index contributed by atoms with van der Waals surface area (Å²) in [6, 6.07) is 26.4. The van der Waals surface area contributed by atoms with Crippen molar-refractivity contribution in [2.75, 3.05) is 10.2 Å². The largest absolute Gasteiger partial charge is 0.352 e. The zero-order valence-electron chi connectivity index (χ0n) is 26.3. The molecule has 4 atom stereocenters. The van der Waals surface area contributed by atoms with Crippen molar-refractivity contribution in [3.05, 3.63) is 141 Å². The number of para-hydroxylation sites is 2.